The Morgan fingerprint density at radius 2 is 1.58 bits per heavy atom. The van der Waals surface area contributed by atoms with Gasteiger partial charge in [-0.05, 0) is 61.7 Å². The lowest BCUT2D eigenvalue weighted by atomic mass is 10.1. The van der Waals surface area contributed by atoms with E-state index in [4.69, 9.17) is 0 Å². The highest BCUT2D eigenvalue weighted by atomic mass is 15.3. The normalized spacial score (nSPS) is 19.2. The fourth-order valence-corrected chi connectivity index (χ4v) is 5.00. The number of pyridine rings is 1. The number of aromatic nitrogens is 5. The maximum Gasteiger partial charge on any atom is 0.229 e. The van der Waals surface area contributed by atoms with Crippen molar-refractivity contribution in [3.05, 3.63) is 78.2 Å². The number of rotatable bonds is 7. The van der Waals surface area contributed by atoms with Crippen LogP contribution in [0.5, 0.6) is 0 Å². The second-order valence-electron chi connectivity index (χ2n) is 9.36. The molecule has 2 aliphatic rings. The molecule has 5 heterocycles. The Morgan fingerprint density at radius 3 is 2.36 bits per heavy atom. The molecular formula is C27H29N9. The van der Waals surface area contributed by atoms with E-state index in [0.29, 0.717) is 35.5 Å². The third kappa shape index (κ3) is 5.02. The van der Waals surface area contributed by atoms with E-state index in [-0.39, 0.29) is 0 Å². The Morgan fingerprint density at radius 1 is 0.833 bits per heavy atom. The van der Waals surface area contributed by atoms with Gasteiger partial charge in [-0.2, -0.15) is 4.98 Å². The van der Waals surface area contributed by atoms with Crippen LogP contribution in [-0.2, 0) is 6.54 Å². The molecule has 36 heavy (non-hydrogen) atoms. The molecule has 0 spiro atoms. The quantitative estimate of drug-likeness (QED) is 0.362. The van der Waals surface area contributed by atoms with E-state index in [1.165, 1.54) is 18.4 Å². The average molecular weight is 480 g/mol. The Labute approximate surface area is 210 Å². The van der Waals surface area contributed by atoms with Crippen LogP contribution in [0.4, 0.5) is 23.3 Å². The zero-order chi connectivity index (χ0) is 24.3. The number of nitrogens with zero attached hydrogens (tertiary/aromatic N) is 6. The molecule has 182 valence electrons. The van der Waals surface area contributed by atoms with E-state index in [1.807, 2.05) is 31.2 Å². The van der Waals surface area contributed by atoms with E-state index < -0.39 is 0 Å². The summed E-state index contributed by atoms with van der Waals surface area (Å²) in [6.07, 6.45) is 6.04. The number of benzene rings is 1. The number of hydrogen-bond donors (Lipinski definition) is 3. The van der Waals surface area contributed by atoms with E-state index in [0.717, 1.165) is 36.7 Å². The topological polar surface area (TPSA) is 104 Å². The monoisotopic (exact) mass is 479 g/mol. The lowest BCUT2D eigenvalue weighted by Gasteiger charge is -2.35. The number of nitrogens with one attached hydrogen (secondary N) is 3. The molecule has 2 aliphatic heterocycles. The van der Waals surface area contributed by atoms with Crippen molar-refractivity contribution in [2.24, 2.45) is 0 Å². The van der Waals surface area contributed by atoms with Crippen LogP contribution >= 0.6 is 0 Å². The smallest absolute Gasteiger partial charge is 0.229 e. The van der Waals surface area contributed by atoms with Crippen molar-refractivity contribution in [3.63, 3.8) is 0 Å². The summed E-state index contributed by atoms with van der Waals surface area (Å²) in [5.74, 6) is 2.35. The standard InChI is InChI=1S/C27H29N9/c1-18-3-2-4-23(31-18)26-29-13-11-24(34-26)33-25-12-14-30-27(35-25)32-20-7-5-19(6-8-20)17-36-21-9-10-22(36)16-28-15-21/h2-8,11-14,21-22,28H,9-10,15-17H2,1H3,(H2,29,30,32,33,34,35). The summed E-state index contributed by atoms with van der Waals surface area (Å²) in [6.45, 7) is 5.17. The maximum absolute atomic E-state index is 4.60. The average Bonchev–Trinajstić information content (AvgIpc) is 3.10. The van der Waals surface area contributed by atoms with Gasteiger partial charge in [-0.25, -0.2) is 19.9 Å². The summed E-state index contributed by atoms with van der Waals surface area (Å²) >= 11 is 0. The van der Waals surface area contributed by atoms with Crippen LogP contribution in [0.15, 0.2) is 67.0 Å². The summed E-state index contributed by atoms with van der Waals surface area (Å²) < 4.78 is 0. The summed E-state index contributed by atoms with van der Waals surface area (Å²) in [5.41, 5.74) is 3.94. The minimum absolute atomic E-state index is 0.516. The first-order chi connectivity index (χ1) is 17.7. The van der Waals surface area contributed by atoms with Gasteiger partial charge in [0.05, 0.1) is 0 Å². The molecule has 3 N–H and O–H groups in total. The number of aryl methyl sites for hydroxylation is 1. The van der Waals surface area contributed by atoms with Crippen LogP contribution in [0.2, 0.25) is 0 Å². The van der Waals surface area contributed by atoms with Gasteiger partial charge in [0.15, 0.2) is 5.82 Å². The zero-order valence-corrected chi connectivity index (χ0v) is 20.2. The third-order valence-electron chi connectivity index (χ3n) is 6.79. The van der Waals surface area contributed by atoms with Crippen molar-refractivity contribution in [2.45, 2.75) is 38.4 Å². The molecular weight excluding hydrogens is 450 g/mol. The lowest BCUT2D eigenvalue weighted by Crippen LogP contribution is -2.51. The molecule has 2 atom stereocenters. The van der Waals surface area contributed by atoms with Crippen LogP contribution in [0.25, 0.3) is 11.5 Å². The van der Waals surface area contributed by atoms with Crippen molar-refractivity contribution in [1.82, 2.24) is 35.1 Å². The highest BCUT2D eigenvalue weighted by Gasteiger charge is 2.35. The molecule has 9 heteroatoms. The van der Waals surface area contributed by atoms with Crippen LogP contribution in [0, 0.1) is 6.92 Å². The van der Waals surface area contributed by atoms with Gasteiger partial charge in [0.25, 0.3) is 0 Å². The number of piperazine rings is 1. The summed E-state index contributed by atoms with van der Waals surface area (Å²) in [7, 11) is 0. The highest BCUT2D eigenvalue weighted by Crippen LogP contribution is 2.28. The van der Waals surface area contributed by atoms with E-state index in [9.17, 15) is 0 Å². The molecule has 9 nitrogen and oxygen atoms in total. The first kappa shape index (κ1) is 22.5. The predicted molar refractivity (Wildman–Crippen MR) is 140 cm³/mol. The molecule has 2 fully saturated rings. The molecule has 1 aromatic carbocycles. The Kier molecular flexibility index (Phi) is 6.23. The minimum Gasteiger partial charge on any atom is -0.325 e. The Hall–Kier alpha value is -3.95. The molecule has 0 radical (unpaired) electrons. The van der Waals surface area contributed by atoms with Gasteiger partial charge < -0.3 is 16.0 Å². The van der Waals surface area contributed by atoms with Crippen molar-refractivity contribution >= 4 is 23.3 Å². The fourth-order valence-electron chi connectivity index (χ4n) is 5.00. The van der Waals surface area contributed by atoms with Crippen molar-refractivity contribution < 1.29 is 0 Å². The molecule has 2 saturated heterocycles. The van der Waals surface area contributed by atoms with Crippen LogP contribution in [-0.4, -0.2) is 55.0 Å². The largest absolute Gasteiger partial charge is 0.325 e. The zero-order valence-electron chi connectivity index (χ0n) is 20.2. The first-order valence-corrected chi connectivity index (χ1v) is 12.4. The highest BCUT2D eigenvalue weighted by molar-refractivity contribution is 5.59. The second kappa shape index (κ2) is 9.96. The van der Waals surface area contributed by atoms with Gasteiger partial charge in [-0.1, -0.05) is 18.2 Å². The third-order valence-corrected chi connectivity index (χ3v) is 6.79. The van der Waals surface area contributed by atoms with Gasteiger partial charge >= 0.3 is 0 Å². The molecule has 0 aliphatic carbocycles. The molecule has 2 unspecified atom stereocenters. The predicted octanol–water partition coefficient (Wildman–Crippen LogP) is 4.06. The van der Waals surface area contributed by atoms with Gasteiger partial charge in [-0.15, -0.1) is 0 Å². The van der Waals surface area contributed by atoms with E-state index >= 15 is 0 Å². The molecule has 4 aromatic rings. The van der Waals surface area contributed by atoms with Gasteiger partial charge in [0, 0.05) is 55.5 Å². The molecule has 0 amide bonds. The molecule has 2 bridgehead atoms. The van der Waals surface area contributed by atoms with Crippen molar-refractivity contribution in [2.75, 3.05) is 23.7 Å². The Balaban J connectivity index is 1.11. The van der Waals surface area contributed by atoms with Gasteiger partial charge in [0.1, 0.15) is 17.3 Å². The molecule has 3 aromatic heterocycles. The second-order valence-corrected chi connectivity index (χ2v) is 9.36. The SMILES string of the molecule is Cc1cccc(-c2nccc(Nc3ccnc(Nc4ccc(CN5C6CCC5CNC6)cc4)n3)n2)n1. The van der Waals surface area contributed by atoms with E-state index in [1.54, 1.807) is 18.5 Å². The molecule has 0 saturated carbocycles. The first-order valence-electron chi connectivity index (χ1n) is 12.4. The Bertz CT molecular complexity index is 1330. The van der Waals surface area contributed by atoms with Gasteiger partial charge in [0.2, 0.25) is 5.95 Å². The van der Waals surface area contributed by atoms with Gasteiger partial charge in [-0.3, -0.25) is 4.90 Å². The maximum atomic E-state index is 4.60. The number of anilines is 4. The van der Waals surface area contributed by atoms with Crippen molar-refractivity contribution in [3.8, 4) is 11.5 Å². The number of fused-ring (bicyclic) bond motifs is 2. The van der Waals surface area contributed by atoms with Crippen LogP contribution in [0.1, 0.15) is 24.1 Å². The van der Waals surface area contributed by atoms with Crippen LogP contribution < -0.4 is 16.0 Å². The summed E-state index contributed by atoms with van der Waals surface area (Å²) in [6, 6.07) is 19.3. The van der Waals surface area contributed by atoms with Crippen LogP contribution in [0.3, 0.4) is 0 Å². The van der Waals surface area contributed by atoms with E-state index in [2.05, 4.69) is 70.0 Å². The lowest BCUT2D eigenvalue weighted by molar-refractivity contribution is 0.145. The number of hydrogen-bond acceptors (Lipinski definition) is 9. The summed E-state index contributed by atoms with van der Waals surface area (Å²) in [5, 5.41) is 10.1. The fraction of sp³-hybridized carbons (Fsp3) is 0.296. The van der Waals surface area contributed by atoms with Crippen molar-refractivity contribution in [1.29, 1.82) is 0 Å². The minimum atomic E-state index is 0.516. The molecule has 6 rings (SSSR count). The summed E-state index contributed by atoms with van der Waals surface area (Å²) in [4.78, 5) is 25.1.